The molecular weight excluding hydrogens is 302 g/mol. The Labute approximate surface area is 142 Å². The van der Waals surface area contributed by atoms with Crippen LogP contribution in [0.5, 0.6) is 5.75 Å². The van der Waals surface area contributed by atoms with Crippen LogP contribution in [-0.4, -0.2) is 22.7 Å². The van der Waals surface area contributed by atoms with Gasteiger partial charge in [0, 0.05) is 12.0 Å². The van der Waals surface area contributed by atoms with Gasteiger partial charge in [-0.15, -0.1) is 0 Å². The molecular formula is C20H23NO3. The predicted molar refractivity (Wildman–Crippen MR) is 92.6 cm³/mol. The number of amides is 1. The van der Waals surface area contributed by atoms with Crippen LogP contribution in [0.25, 0.3) is 0 Å². The summed E-state index contributed by atoms with van der Waals surface area (Å²) in [6.07, 6.45) is 1.50. The van der Waals surface area contributed by atoms with Gasteiger partial charge in [-0.25, -0.2) is 0 Å². The molecule has 0 radical (unpaired) electrons. The second-order valence-corrected chi connectivity index (χ2v) is 6.75. The molecule has 0 heterocycles. The number of hydrogen-bond acceptors (Lipinski definition) is 3. The summed E-state index contributed by atoms with van der Waals surface area (Å²) in [6, 6.07) is 14.9. The number of rotatable bonds is 6. The highest BCUT2D eigenvalue weighted by Crippen LogP contribution is 2.54. The third kappa shape index (κ3) is 3.60. The highest BCUT2D eigenvalue weighted by molar-refractivity contribution is 5.78. The van der Waals surface area contributed by atoms with Gasteiger partial charge < -0.3 is 15.5 Å². The number of aliphatic hydroxyl groups is 1. The number of nitrogens with one attached hydrogen (secondary N) is 1. The molecule has 4 heteroatoms. The van der Waals surface area contributed by atoms with E-state index in [4.69, 9.17) is 0 Å². The third-order valence-corrected chi connectivity index (χ3v) is 4.86. The van der Waals surface area contributed by atoms with Gasteiger partial charge in [0.25, 0.3) is 0 Å². The number of carbonyl (C=O) groups is 1. The Morgan fingerprint density at radius 3 is 2.54 bits per heavy atom. The van der Waals surface area contributed by atoms with E-state index >= 15 is 0 Å². The van der Waals surface area contributed by atoms with Crippen molar-refractivity contribution >= 4 is 5.91 Å². The lowest BCUT2D eigenvalue weighted by Gasteiger charge is -2.23. The van der Waals surface area contributed by atoms with Gasteiger partial charge in [-0.2, -0.15) is 0 Å². The molecule has 0 aromatic heterocycles. The maximum Gasteiger partial charge on any atom is 0.224 e. The SMILES string of the molecule is Cc1ccc(CC(=O)NCC2(C(O)c3ccccc3)CC2)cc1O. The highest BCUT2D eigenvalue weighted by atomic mass is 16.3. The molecule has 2 aromatic carbocycles. The van der Waals surface area contributed by atoms with E-state index in [2.05, 4.69) is 5.32 Å². The predicted octanol–water partition coefficient (Wildman–Crippen LogP) is 2.87. The summed E-state index contributed by atoms with van der Waals surface area (Å²) in [5.41, 5.74) is 2.23. The molecule has 1 aliphatic carbocycles. The Morgan fingerprint density at radius 1 is 1.21 bits per heavy atom. The molecule has 126 valence electrons. The molecule has 1 saturated carbocycles. The number of phenolic OH excluding ortho intramolecular Hbond substituents is 1. The van der Waals surface area contributed by atoms with Crippen LogP contribution in [-0.2, 0) is 11.2 Å². The second-order valence-electron chi connectivity index (χ2n) is 6.75. The molecule has 1 atom stereocenters. The Balaban J connectivity index is 1.57. The van der Waals surface area contributed by atoms with E-state index in [1.54, 1.807) is 12.1 Å². The van der Waals surface area contributed by atoms with Gasteiger partial charge in [-0.3, -0.25) is 4.79 Å². The number of phenols is 1. The first kappa shape index (κ1) is 16.5. The fourth-order valence-corrected chi connectivity index (χ4v) is 2.98. The van der Waals surface area contributed by atoms with E-state index in [0.717, 1.165) is 29.5 Å². The normalized spacial score (nSPS) is 16.4. The van der Waals surface area contributed by atoms with Crippen molar-refractivity contribution in [2.45, 2.75) is 32.3 Å². The monoisotopic (exact) mass is 325 g/mol. The van der Waals surface area contributed by atoms with Gasteiger partial charge in [-0.05, 0) is 42.5 Å². The first-order chi connectivity index (χ1) is 11.5. The van der Waals surface area contributed by atoms with Crippen LogP contribution in [0.4, 0.5) is 0 Å². The molecule has 0 bridgehead atoms. The van der Waals surface area contributed by atoms with Crippen LogP contribution in [0.2, 0.25) is 0 Å². The Hall–Kier alpha value is -2.33. The van der Waals surface area contributed by atoms with Gasteiger partial charge in [0.05, 0.1) is 12.5 Å². The lowest BCUT2D eigenvalue weighted by Crippen LogP contribution is -2.34. The Morgan fingerprint density at radius 2 is 1.92 bits per heavy atom. The summed E-state index contributed by atoms with van der Waals surface area (Å²) in [5.74, 6) is 0.114. The largest absolute Gasteiger partial charge is 0.508 e. The summed E-state index contributed by atoms with van der Waals surface area (Å²) >= 11 is 0. The molecule has 0 aliphatic heterocycles. The maximum absolute atomic E-state index is 12.2. The van der Waals surface area contributed by atoms with Crippen LogP contribution >= 0.6 is 0 Å². The number of aromatic hydroxyl groups is 1. The minimum atomic E-state index is -0.553. The van der Waals surface area contributed by atoms with E-state index in [1.807, 2.05) is 43.3 Å². The lowest BCUT2D eigenvalue weighted by atomic mass is 9.92. The summed E-state index contributed by atoms with van der Waals surface area (Å²) in [7, 11) is 0. The van der Waals surface area contributed by atoms with Crippen LogP contribution in [0.3, 0.4) is 0 Å². The zero-order valence-electron chi connectivity index (χ0n) is 13.8. The highest BCUT2D eigenvalue weighted by Gasteiger charge is 2.49. The van der Waals surface area contributed by atoms with Gasteiger partial charge in [0.15, 0.2) is 0 Å². The number of carbonyl (C=O) groups excluding carboxylic acids is 1. The molecule has 0 saturated heterocycles. The van der Waals surface area contributed by atoms with Gasteiger partial charge >= 0.3 is 0 Å². The molecule has 3 rings (SSSR count). The Kier molecular flexibility index (Phi) is 4.58. The average molecular weight is 325 g/mol. The number of aliphatic hydroxyl groups excluding tert-OH is 1. The molecule has 1 aliphatic rings. The van der Waals surface area contributed by atoms with Crippen molar-refractivity contribution < 1.29 is 15.0 Å². The van der Waals surface area contributed by atoms with E-state index < -0.39 is 6.10 Å². The molecule has 24 heavy (non-hydrogen) atoms. The standard InChI is InChI=1S/C20H23NO3/c1-14-7-8-15(11-17(14)22)12-18(23)21-13-20(9-10-20)19(24)16-5-3-2-4-6-16/h2-8,11,19,22,24H,9-10,12-13H2,1H3,(H,21,23). The van der Waals surface area contributed by atoms with Crippen LogP contribution in [0.15, 0.2) is 48.5 Å². The molecule has 1 amide bonds. The minimum Gasteiger partial charge on any atom is -0.508 e. The minimum absolute atomic E-state index is 0.0928. The smallest absolute Gasteiger partial charge is 0.224 e. The summed E-state index contributed by atoms with van der Waals surface area (Å²) < 4.78 is 0. The zero-order chi connectivity index (χ0) is 17.2. The van der Waals surface area contributed by atoms with Crippen molar-refractivity contribution in [1.82, 2.24) is 5.32 Å². The Bertz CT molecular complexity index is 723. The zero-order valence-corrected chi connectivity index (χ0v) is 13.8. The van der Waals surface area contributed by atoms with Crippen LogP contribution in [0, 0.1) is 12.3 Å². The van der Waals surface area contributed by atoms with E-state index in [-0.39, 0.29) is 23.5 Å². The van der Waals surface area contributed by atoms with E-state index in [1.165, 1.54) is 0 Å². The number of benzene rings is 2. The molecule has 2 aromatic rings. The fourth-order valence-electron chi connectivity index (χ4n) is 2.98. The van der Waals surface area contributed by atoms with Gasteiger partial charge in [-0.1, -0.05) is 42.5 Å². The van der Waals surface area contributed by atoms with Crippen molar-refractivity contribution in [3.63, 3.8) is 0 Å². The van der Waals surface area contributed by atoms with Crippen molar-refractivity contribution in [2.24, 2.45) is 5.41 Å². The van der Waals surface area contributed by atoms with E-state index in [0.29, 0.717) is 6.54 Å². The first-order valence-corrected chi connectivity index (χ1v) is 8.28. The number of hydrogen-bond donors (Lipinski definition) is 3. The van der Waals surface area contributed by atoms with Crippen molar-refractivity contribution in [3.8, 4) is 5.75 Å². The maximum atomic E-state index is 12.2. The molecule has 1 unspecified atom stereocenters. The summed E-state index contributed by atoms with van der Waals surface area (Å²) in [6.45, 7) is 2.29. The van der Waals surface area contributed by atoms with Crippen LogP contribution < -0.4 is 5.32 Å². The number of aryl methyl sites for hydroxylation is 1. The molecule has 0 spiro atoms. The van der Waals surface area contributed by atoms with Crippen molar-refractivity contribution in [2.75, 3.05) is 6.54 Å². The van der Waals surface area contributed by atoms with Crippen molar-refractivity contribution in [3.05, 3.63) is 65.2 Å². The average Bonchev–Trinajstić information content (AvgIpc) is 3.38. The first-order valence-electron chi connectivity index (χ1n) is 8.28. The van der Waals surface area contributed by atoms with Crippen LogP contribution in [0.1, 0.15) is 35.6 Å². The van der Waals surface area contributed by atoms with Gasteiger partial charge in [0.1, 0.15) is 5.75 Å². The quantitative estimate of drug-likeness (QED) is 0.765. The van der Waals surface area contributed by atoms with Gasteiger partial charge in [0.2, 0.25) is 5.91 Å². The van der Waals surface area contributed by atoms with E-state index in [9.17, 15) is 15.0 Å². The molecule has 3 N–H and O–H groups in total. The summed E-state index contributed by atoms with van der Waals surface area (Å²) in [4.78, 5) is 12.2. The third-order valence-electron chi connectivity index (χ3n) is 4.86. The lowest BCUT2D eigenvalue weighted by molar-refractivity contribution is -0.120. The topological polar surface area (TPSA) is 69.6 Å². The molecule has 1 fully saturated rings. The fraction of sp³-hybridized carbons (Fsp3) is 0.350. The molecule has 4 nitrogen and oxygen atoms in total. The summed E-state index contributed by atoms with van der Waals surface area (Å²) in [5, 5.41) is 23.3. The van der Waals surface area contributed by atoms with Crippen molar-refractivity contribution in [1.29, 1.82) is 0 Å². The second kappa shape index (κ2) is 6.65.